The molecule has 10 nitrogen and oxygen atoms in total. The van der Waals surface area contributed by atoms with Crippen molar-refractivity contribution in [2.75, 3.05) is 23.7 Å². The summed E-state index contributed by atoms with van der Waals surface area (Å²) >= 11 is 6.39. The number of imidazole rings is 1. The first-order valence-corrected chi connectivity index (χ1v) is 10.5. The smallest absolute Gasteiger partial charge is 0.411 e. The number of halogens is 1. The molecule has 1 aliphatic rings. The number of amides is 3. The van der Waals surface area contributed by atoms with Gasteiger partial charge in [0.15, 0.2) is 0 Å². The van der Waals surface area contributed by atoms with Crippen molar-refractivity contribution in [3.63, 3.8) is 0 Å². The Kier molecular flexibility index (Phi) is 6.15. The summed E-state index contributed by atoms with van der Waals surface area (Å²) in [5, 5.41) is 15.5. The van der Waals surface area contributed by atoms with Crippen LogP contribution in [0.15, 0.2) is 36.8 Å². The highest BCUT2D eigenvalue weighted by Gasteiger charge is 2.24. The zero-order valence-corrected chi connectivity index (χ0v) is 18.3. The maximum Gasteiger partial charge on any atom is 0.411 e. The second kappa shape index (κ2) is 9.01. The average molecular weight is 459 g/mol. The maximum absolute atomic E-state index is 12.4. The third kappa shape index (κ3) is 4.92. The number of aromatic nitrogens is 3. The lowest BCUT2D eigenvalue weighted by Crippen LogP contribution is -2.33. The highest BCUT2D eigenvalue weighted by molar-refractivity contribution is 6.33. The summed E-state index contributed by atoms with van der Waals surface area (Å²) in [6.45, 7) is 4.34. The molecule has 1 saturated heterocycles. The highest BCUT2D eigenvalue weighted by atomic mass is 35.5. The van der Waals surface area contributed by atoms with Crippen molar-refractivity contribution in [1.29, 1.82) is 0 Å². The minimum absolute atomic E-state index is 0.239. The van der Waals surface area contributed by atoms with Crippen molar-refractivity contribution in [3.05, 3.63) is 41.8 Å². The van der Waals surface area contributed by atoms with Gasteiger partial charge < -0.3 is 20.1 Å². The number of likely N-dealkylation sites (tertiary alicyclic amines) is 1. The normalized spacial score (nSPS) is 15.9. The molecule has 3 amide bonds. The third-order valence-electron chi connectivity index (χ3n) is 4.84. The Balaban J connectivity index is 1.54. The minimum atomic E-state index is -0.571. The first kappa shape index (κ1) is 21.8. The topological polar surface area (TPSA) is 121 Å². The maximum atomic E-state index is 12.4. The SMILES string of the molecule is CC(C)OC(=O)Nc1cnc2nc(-c3cc(NC(=O)N4CCC(O)C4)ccc3Cl)cn2c1. The zero-order valence-electron chi connectivity index (χ0n) is 17.6. The number of aliphatic hydroxyl groups excluding tert-OH is 1. The fourth-order valence-corrected chi connectivity index (χ4v) is 3.58. The Morgan fingerprint density at radius 3 is 2.78 bits per heavy atom. The molecule has 3 heterocycles. The van der Waals surface area contributed by atoms with Crippen LogP contribution >= 0.6 is 11.6 Å². The Labute approximate surface area is 189 Å². The number of nitrogens with one attached hydrogen (secondary N) is 2. The summed E-state index contributed by atoms with van der Waals surface area (Å²) in [6.07, 6.45) is 4.15. The molecule has 0 radical (unpaired) electrons. The van der Waals surface area contributed by atoms with Gasteiger partial charge in [0.05, 0.1) is 34.8 Å². The van der Waals surface area contributed by atoms with Crippen molar-refractivity contribution in [1.82, 2.24) is 19.3 Å². The molecule has 2 aromatic heterocycles. The van der Waals surface area contributed by atoms with E-state index in [1.165, 1.54) is 6.20 Å². The van der Waals surface area contributed by atoms with Crippen molar-refractivity contribution in [2.24, 2.45) is 0 Å². The van der Waals surface area contributed by atoms with Gasteiger partial charge in [-0.15, -0.1) is 0 Å². The number of ether oxygens (including phenoxy) is 1. The van der Waals surface area contributed by atoms with Crippen LogP contribution in [0.5, 0.6) is 0 Å². The standard InChI is InChI=1S/C21H23ClN6O4/c1-12(2)32-21(31)25-14-8-23-19-26-18(11-28(19)9-14)16-7-13(3-4-17(16)22)24-20(30)27-6-5-15(29)10-27/h3-4,7-9,11-12,15,29H,5-6,10H2,1-2H3,(H,24,30)(H,25,31). The van der Waals surface area contributed by atoms with Gasteiger partial charge in [0, 0.05) is 36.7 Å². The predicted molar refractivity (Wildman–Crippen MR) is 120 cm³/mol. The third-order valence-corrected chi connectivity index (χ3v) is 5.17. The number of benzene rings is 1. The van der Waals surface area contributed by atoms with Gasteiger partial charge >= 0.3 is 12.1 Å². The second-order valence-corrected chi connectivity index (χ2v) is 8.18. The number of hydrogen-bond donors (Lipinski definition) is 3. The molecule has 1 aliphatic heterocycles. The summed E-state index contributed by atoms with van der Waals surface area (Å²) < 4.78 is 6.73. The Bertz CT molecular complexity index is 1160. The number of anilines is 2. The molecule has 32 heavy (non-hydrogen) atoms. The molecule has 0 spiro atoms. The molecule has 1 unspecified atom stereocenters. The van der Waals surface area contributed by atoms with Crippen LogP contribution in [-0.2, 0) is 4.74 Å². The number of carbonyl (C=O) groups is 2. The molecule has 3 aromatic rings. The monoisotopic (exact) mass is 458 g/mol. The number of nitrogens with zero attached hydrogens (tertiary/aromatic N) is 4. The number of rotatable bonds is 4. The van der Waals surface area contributed by atoms with Crippen LogP contribution in [0.25, 0.3) is 17.0 Å². The molecular weight excluding hydrogens is 436 g/mol. The van der Waals surface area contributed by atoms with Crippen molar-refractivity contribution < 1.29 is 19.4 Å². The lowest BCUT2D eigenvalue weighted by atomic mass is 10.1. The Morgan fingerprint density at radius 1 is 1.25 bits per heavy atom. The minimum Gasteiger partial charge on any atom is -0.447 e. The van der Waals surface area contributed by atoms with E-state index in [2.05, 4.69) is 20.6 Å². The van der Waals surface area contributed by atoms with Gasteiger partial charge in [-0.1, -0.05) is 11.6 Å². The quantitative estimate of drug-likeness (QED) is 0.549. The summed E-state index contributed by atoms with van der Waals surface area (Å²) in [5.74, 6) is 0.416. The lowest BCUT2D eigenvalue weighted by Gasteiger charge is -2.17. The number of β-amino-alcohol motifs (C(OH)–C–C–N with tert-alkyl or cyclic N) is 1. The van der Waals surface area contributed by atoms with Gasteiger partial charge in [0.1, 0.15) is 0 Å². The van der Waals surface area contributed by atoms with Crippen molar-refractivity contribution >= 4 is 40.9 Å². The van der Waals surface area contributed by atoms with E-state index in [1.54, 1.807) is 53.7 Å². The zero-order chi connectivity index (χ0) is 22.8. The van der Waals surface area contributed by atoms with Gasteiger partial charge in [-0.25, -0.2) is 19.6 Å². The number of aliphatic hydroxyl groups is 1. The van der Waals surface area contributed by atoms with E-state index < -0.39 is 12.2 Å². The van der Waals surface area contributed by atoms with E-state index >= 15 is 0 Å². The molecule has 1 fully saturated rings. The number of fused-ring (bicyclic) bond motifs is 1. The van der Waals surface area contributed by atoms with Crippen LogP contribution in [0, 0.1) is 0 Å². The fraction of sp³-hybridized carbons (Fsp3) is 0.333. The molecule has 1 aromatic carbocycles. The Morgan fingerprint density at radius 2 is 2.06 bits per heavy atom. The molecule has 0 bridgehead atoms. The summed E-state index contributed by atoms with van der Waals surface area (Å²) in [5.41, 5.74) is 2.17. The fourth-order valence-electron chi connectivity index (χ4n) is 3.37. The number of hydrogen-bond acceptors (Lipinski definition) is 6. The van der Waals surface area contributed by atoms with E-state index in [4.69, 9.17) is 16.3 Å². The van der Waals surface area contributed by atoms with Crippen molar-refractivity contribution in [3.8, 4) is 11.3 Å². The van der Waals surface area contributed by atoms with Crippen LogP contribution in [0.1, 0.15) is 20.3 Å². The molecule has 0 saturated carbocycles. The van der Waals surface area contributed by atoms with Crippen LogP contribution in [0.4, 0.5) is 21.0 Å². The highest BCUT2D eigenvalue weighted by Crippen LogP contribution is 2.30. The van der Waals surface area contributed by atoms with Crippen LogP contribution in [0.3, 0.4) is 0 Å². The second-order valence-electron chi connectivity index (χ2n) is 7.77. The van der Waals surface area contributed by atoms with Crippen molar-refractivity contribution in [2.45, 2.75) is 32.5 Å². The molecule has 11 heteroatoms. The van der Waals surface area contributed by atoms with E-state index in [1.807, 2.05) is 0 Å². The van der Waals surface area contributed by atoms with E-state index in [9.17, 15) is 14.7 Å². The number of carbonyl (C=O) groups excluding carboxylic acids is 2. The van der Waals surface area contributed by atoms with E-state index in [-0.39, 0.29) is 12.1 Å². The predicted octanol–water partition coefficient (Wildman–Crippen LogP) is 3.61. The van der Waals surface area contributed by atoms with Crippen LogP contribution in [-0.4, -0.2) is 61.8 Å². The molecule has 0 aliphatic carbocycles. The first-order valence-electron chi connectivity index (χ1n) is 10.1. The van der Waals surface area contributed by atoms with Gasteiger partial charge in [-0.05, 0) is 38.5 Å². The summed E-state index contributed by atoms with van der Waals surface area (Å²) in [6, 6.07) is 4.83. The molecule has 168 valence electrons. The molecule has 1 atom stereocenters. The summed E-state index contributed by atoms with van der Waals surface area (Å²) in [4.78, 5) is 34.5. The first-order chi connectivity index (χ1) is 15.3. The molecular formula is C21H23ClN6O4. The Hall–Kier alpha value is -3.37. The van der Waals surface area contributed by atoms with Gasteiger partial charge in [0.2, 0.25) is 5.78 Å². The van der Waals surface area contributed by atoms with Gasteiger partial charge in [0.25, 0.3) is 0 Å². The van der Waals surface area contributed by atoms with E-state index in [0.29, 0.717) is 52.9 Å². The van der Waals surface area contributed by atoms with Crippen LogP contribution in [0.2, 0.25) is 5.02 Å². The van der Waals surface area contributed by atoms with E-state index in [0.717, 1.165) is 0 Å². The largest absolute Gasteiger partial charge is 0.447 e. The summed E-state index contributed by atoms with van der Waals surface area (Å²) in [7, 11) is 0. The molecule has 3 N–H and O–H groups in total. The number of urea groups is 1. The molecule has 4 rings (SSSR count). The lowest BCUT2D eigenvalue weighted by molar-refractivity contribution is 0.130. The average Bonchev–Trinajstić information content (AvgIpc) is 3.34. The van der Waals surface area contributed by atoms with Gasteiger partial charge in [-0.2, -0.15) is 0 Å². The van der Waals surface area contributed by atoms with Crippen LogP contribution < -0.4 is 10.6 Å². The van der Waals surface area contributed by atoms with Gasteiger partial charge in [-0.3, -0.25) is 9.72 Å².